The van der Waals surface area contributed by atoms with Gasteiger partial charge in [-0.05, 0) is 46.7 Å². The van der Waals surface area contributed by atoms with E-state index in [1.165, 1.54) is 30.3 Å². The van der Waals surface area contributed by atoms with E-state index in [2.05, 4.69) is 5.32 Å². The molecule has 0 atom stereocenters. The molecule has 0 bridgehead atoms. The number of rotatable bonds is 6. The van der Waals surface area contributed by atoms with E-state index in [1.54, 1.807) is 6.07 Å². The first kappa shape index (κ1) is 18.8. The number of esters is 1. The minimum atomic E-state index is -0.688. The van der Waals surface area contributed by atoms with Gasteiger partial charge in [-0.25, -0.2) is 4.79 Å². The van der Waals surface area contributed by atoms with Gasteiger partial charge in [-0.3, -0.25) is 14.9 Å². The first-order valence-electron chi connectivity index (χ1n) is 8.39. The smallest absolute Gasteiger partial charge is 0.331 e. The summed E-state index contributed by atoms with van der Waals surface area (Å²) in [5.41, 5.74) is 1.18. The van der Waals surface area contributed by atoms with Gasteiger partial charge in [0.05, 0.1) is 4.92 Å². The molecule has 0 aromatic heterocycles. The zero-order valence-corrected chi connectivity index (χ0v) is 14.7. The highest BCUT2D eigenvalue weighted by molar-refractivity contribution is 5.96. The molecule has 3 rings (SSSR count). The molecule has 0 aliphatic rings. The zero-order valence-electron chi connectivity index (χ0n) is 14.7. The Hall–Kier alpha value is -4.00. The van der Waals surface area contributed by atoms with Crippen molar-refractivity contribution >= 4 is 40.1 Å². The summed E-state index contributed by atoms with van der Waals surface area (Å²) < 4.78 is 4.90. The molecule has 0 fully saturated rings. The molecule has 3 aromatic rings. The van der Waals surface area contributed by atoms with Crippen LogP contribution in [0.5, 0.6) is 0 Å². The van der Waals surface area contributed by atoms with E-state index in [-0.39, 0.29) is 5.69 Å². The SMILES string of the molecule is O=C(COC(=O)/C=C/c1ccc([N+](=O)[O-])cc1)Nc1ccc2ccccc2c1. The lowest BCUT2D eigenvalue weighted by molar-refractivity contribution is -0.384. The number of nitro benzene ring substituents is 1. The van der Waals surface area contributed by atoms with Crippen molar-refractivity contribution in [3.63, 3.8) is 0 Å². The summed E-state index contributed by atoms with van der Waals surface area (Å²) in [5.74, 6) is -1.14. The molecule has 0 saturated heterocycles. The number of amides is 1. The lowest BCUT2D eigenvalue weighted by atomic mass is 10.1. The van der Waals surface area contributed by atoms with Crippen molar-refractivity contribution in [2.45, 2.75) is 0 Å². The second-order valence-corrected chi connectivity index (χ2v) is 5.90. The molecule has 1 N–H and O–H groups in total. The number of carbonyl (C=O) groups excluding carboxylic acids is 2. The van der Waals surface area contributed by atoms with Crippen LogP contribution in [0.4, 0.5) is 11.4 Å². The monoisotopic (exact) mass is 376 g/mol. The molecule has 28 heavy (non-hydrogen) atoms. The molecule has 0 aliphatic carbocycles. The third kappa shape index (κ3) is 5.01. The summed E-state index contributed by atoms with van der Waals surface area (Å²) in [4.78, 5) is 33.8. The van der Waals surface area contributed by atoms with Crippen LogP contribution in [0.1, 0.15) is 5.56 Å². The number of ether oxygens (including phenoxy) is 1. The van der Waals surface area contributed by atoms with Crippen molar-refractivity contribution in [2.24, 2.45) is 0 Å². The molecule has 7 nitrogen and oxygen atoms in total. The highest BCUT2D eigenvalue weighted by Crippen LogP contribution is 2.18. The predicted octanol–water partition coefficient (Wildman–Crippen LogP) is 3.94. The zero-order chi connectivity index (χ0) is 19.9. The second kappa shape index (κ2) is 8.59. The second-order valence-electron chi connectivity index (χ2n) is 5.90. The Morgan fingerprint density at radius 1 is 1.00 bits per heavy atom. The summed E-state index contributed by atoms with van der Waals surface area (Å²) in [6.45, 7) is -0.420. The average Bonchev–Trinajstić information content (AvgIpc) is 2.71. The third-order valence-electron chi connectivity index (χ3n) is 3.89. The Bertz CT molecular complexity index is 1060. The first-order chi connectivity index (χ1) is 13.5. The predicted molar refractivity (Wildman–Crippen MR) is 106 cm³/mol. The van der Waals surface area contributed by atoms with Crippen LogP contribution in [-0.4, -0.2) is 23.4 Å². The van der Waals surface area contributed by atoms with E-state index in [0.29, 0.717) is 11.3 Å². The highest BCUT2D eigenvalue weighted by Gasteiger charge is 2.07. The number of nitrogens with zero attached hydrogens (tertiary/aromatic N) is 1. The lowest BCUT2D eigenvalue weighted by Gasteiger charge is -2.06. The summed E-state index contributed by atoms with van der Waals surface area (Å²) >= 11 is 0. The van der Waals surface area contributed by atoms with Crippen LogP contribution in [0.3, 0.4) is 0 Å². The fraction of sp³-hybridized carbons (Fsp3) is 0.0476. The van der Waals surface area contributed by atoms with Gasteiger partial charge in [0.15, 0.2) is 6.61 Å². The number of hydrogen-bond donors (Lipinski definition) is 1. The van der Waals surface area contributed by atoms with Gasteiger partial charge in [0.25, 0.3) is 11.6 Å². The molecule has 7 heteroatoms. The summed E-state index contributed by atoms with van der Waals surface area (Å²) in [6.07, 6.45) is 2.61. The average molecular weight is 376 g/mol. The molecule has 0 saturated carbocycles. The quantitative estimate of drug-likeness (QED) is 0.304. The summed E-state index contributed by atoms with van der Waals surface area (Å²) in [6, 6.07) is 18.9. The molecule has 0 aliphatic heterocycles. The van der Waals surface area contributed by atoms with Gasteiger partial charge >= 0.3 is 5.97 Å². The highest BCUT2D eigenvalue weighted by atomic mass is 16.6. The number of hydrogen-bond acceptors (Lipinski definition) is 5. The van der Waals surface area contributed by atoms with Crippen LogP contribution < -0.4 is 5.32 Å². The molecular weight excluding hydrogens is 360 g/mol. The van der Waals surface area contributed by atoms with Gasteiger partial charge < -0.3 is 10.1 Å². The number of anilines is 1. The van der Waals surface area contributed by atoms with E-state index in [9.17, 15) is 19.7 Å². The molecule has 0 spiro atoms. The Balaban J connectivity index is 1.50. The number of nitrogens with one attached hydrogen (secondary N) is 1. The largest absolute Gasteiger partial charge is 0.452 e. The fourth-order valence-corrected chi connectivity index (χ4v) is 2.52. The summed E-state index contributed by atoms with van der Waals surface area (Å²) in [7, 11) is 0. The van der Waals surface area contributed by atoms with Crippen molar-refractivity contribution in [1.82, 2.24) is 0 Å². The van der Waals surface area contributed by atoms with Crippen LogP contribution >= 0.6 is 0 Å². The van der Waals surface area contributed by atoms with E-state index in [4.69, 9.17) is 4.74 Å². The van der Waals surface area contributed by atoms with Gasteiger partial charge in [-0.15, -0.1) is 0 Å². The Labute approximate surface area is 160 Å². The fourth-order valence-electron chi connectivity index (χ4n) is 2.52. The van der Waals surface area contributed by atoms with E-state index >= 15 is 0 Å². The molecule has 3 aromatic carbocycles. The number of non-ortho nitro benzene ring substituents is 1. The van der Waals surface area contributed by atoms with Gasteiger partial charge in [0.1, 0.15) is 0 Å². The number of benzene rings is 3. The van der Waals surface area contributed by atoms with Crippen molar-refractivity contribution in [1.29, 1.82) is 0 Å². The summed E-state index contributed by atoms with van der Waals surface area (Å²) in [5, 5.41) is 15.3. The van der Waals surface area contributed by atoms with E-state index in [0.717, 1.165) is 16.8 Å². The molecule has 0 radical (unpaired) electrons. The van der Waals surface area contributed by atoms with Crippen LogP contribution in [0.15, 0.2) is 72.8 Å². The molecule has 140 valence electrons. The van der Waals surface area contributed by atoms with Gasteiger partial charge in [0.2, 0.25) is 0 Å². The molecule has 1 amide bonds. The molecular formula is C21H16N2O5. The topological polar surface area (TPSA) is 98.5 Å². The normalized spacial score (nSPS) is 10.7. The van der Waals surface area contributed by atoms with Crippen molar-refractivity contribution in [3.05, 3.63) is 88.5 Å². The van der Waals surface area contributed by atoms with Crippen molar-refractivity contribution in [2.75, 3.05) is 11.9 Å². The molecule has 0 heterocycles. The maximum absolute atomic E-state index is 12.0. The van der Waals surface area contributed by atoms with E-state index < -0.39 is 23.4 Å². The van der Waals surface area contributed by atoms with E-state index in [1.807, 2.05) is 36.4 Å². The van der Waals surface area contributed by atoms with Crippen molar-refractivity contribution in [3.8, 4) is 0 Å². The lowest BCUT2D eigenvalue weighted by Crippen LogP contribution is -2.20. The van der Waals surface area contributed by atoms with Crippen molar-refractivity contribution < 1.29 is 19.2 Å². The number of carbonyl (C=O) groups is 2. The number of fused-ring (bicyclic) bond motifs is 1. The van der Waals surface area contributed by atoms with Crippen LogP contribution in [0.25, 0.3) is 16.8 Å². The van der Waals surface area contributed by atoms with Crippen LogP contribution in [-0.2, 0) is 14.3 Å². The standard InChI is InChI=1S/C21H16N2O5/c24-20(22-18-9-8-16-3-1-2-4-17(16)13-18)14-28-21(25)12-7-15-5-10-19(11-6-15)23(26)27/h1-13H,14H2,(H,22,24)/b12-7+. The molecule has 0 unspecified atom stereocenters. The van der Waals surface area contributed by atoms with Gasteiger partial charge in [-0.1, -0.05) is 30.3 Å². The maximum Gasteiger partial charge on any atom is 0.331 e. The minimum absolute atomic E-state index is 0.0370. The Kier molecular flexibility index (Phi) is 5.76. The van der Waals surface area contributed by atoms with Gasteiger partial charge in [-0.2, -0.15) is 0 Å². The Morgan fingerprint density at radius 2 is 1.71 bits per heavy atom. The van der Waals surface area contributed by atoms with Gasteiger partial charge in [0, 0.05) is 23.9 Å². The maximum atomic E-state index is 12.0. The third-order valence-corrected chi connectivity index (χ3v) is 3.89. The number of nitro groups is 1. The minimum Gasteiger partial charge on any atom is -0.452 e. The first-order valence-corrected chi connectivity index (χ1v) is 8.39. The Morgan fingerprint density at radius 3 is 2.43 bits per heavy atom. The van der Waals surface area contributed by atoms with Crippen LogP contribution in [0.2, 0.25) is 0 Å². The van der Waals surface area contributed by atoms with Crippen LogP contribution in [0, 0.1) is 10.1 Å².